The molecule has 0 aliphatic carbocycles. The van der Waals surface area contributed by atoms with Gasteiger partial charge in [0.2, 0.25) is 0 Å². The lowest BCUT2D eigenvalue weighted by Gasteiger charge is -2.02. The van der Waals surface area contributed by atoms with Gasteiger partial charge >= 0.3 is 0 Å². The van der Waals surface area contributed by atoms with Gasteiger partial charge < -0.3 is 4.57 Å². The maximum absolute atomic E-state index is 13.2. The molecule has 0 saturated carbocycles. The molecule has 1 aromatic carbocycles. The first-order chi connectivity index (χ1) is 9.19. The van der Waals surface area contributed by atoms with E-state index in [1.54, 1.807) is 29.9 Å². The maximum Gasteiger partial charge on any atom is 0.151 e. The first kappa shape index (κ1) is 11.5. The van der Waals surface area contributed by atoms with Crippen molar-refractivity contribution < 1.29 is 9.18 Å². The molecule has 0 fully saturated rings. The highest BCUT2D eigenvalue weighted by Gasteiger charge is 2.11. The molecule has 0 spiro atoms. The number of fused-ring (bicyclic) bond motifs is 1. The van der Waals surface area contributed by atoms with Crippen LogP contribution in [0.5, 0.6) is 0 Å². The van der Waals surface area contributed by atoms with Crippen LogP contribution in [0.3, 0.4) is 0 Å². The lowest BCUT2D eigenvalue weighted by molar-refractivity contribution is 0.112. The summed E-state index contributed by atoms with van der Waals surface area (Å²) < 4.78 is 15.0. The highest BCUT2D eigenvalue weighted by Crippen LogP contribution is 2.23. The molecule has 4 nitrogen and oxygen atoms in total. The van der Waals surface area contributed by atoms with Crippen molar-refractivity contribution in [1.29, 1.82) is 0 Å². The minimum absolute atomic E-state index is 0.304. The van der Waals surface area contributed by atoms with Gasteiger partial charge in [0.05, 0.1) is 11.0 Å². The Bertz CT molecular complexity index is 779. The fourth-order valence-corrected chi connectivity index (χ4v) is 2.07. The number of pyridine rings is 1. The van der Waals surface area contributed by atoms with Crippen molar-refractivity contribution in [3.8, 4) is 11.4 Å². The molecule has 0 radical (unpaired) electrons. The average molecular weight is 255 g/mol. The maximum atomic E-state index is 13.2. The number of carbonyl (C=O) groups is 1. The van der Waals surface area contributed by atoms with Gasteiger partial charge in [-0.3, -0.25) is 9.78 Å². The second-order valence-corrected chi connectivity index (χ2v) is 4.25. The molecule has 19 heavy (non-hydrogen) atoms. The smallest absolute Gasteiger partial charge is 0.151 e. The molecule has 0 aliphatic heterocycles. The van der Waals surface area contributed by atoms with Crippen molar-refractivity contribution >= 4 is 17.3 Å². The summed E-state index contributed by atoms with van der Waals surface area (Å²) >= 11 is 0. The van der Waals surface area contributed by atoms with E-state index < -0.39 is 0 Å². The predicted molar refractivity (Wildman–Crippen MR) is 69.3 cm³/mol. The monoisotopic (exact) mass is 255 g/mol. The van der Waals surface area contributed by atoms with Gasteiger partial charge in [0, 0.05) is 30.6 Å². The van der Waals surface area contributed by atoms with Crippen molar-refractivity contribution in [2.75, 3.05) is 0 Å². The van der Waals surface area contributed by atoms with Gasteiger partial charge in [-0.1, -0.05) is 0 Å². The summed E-state index contributed by atoms with van der Waals surface area (Å²) in [5, 5.41) is 0. The van der Waals surface area contributed by atoms with Crippen LogP contribution in [0.4, 0.5) is 4.39 Å². The zero-order valence-corrected chi connectivity index (χ0v) is 10.2. The highest BCUT2D eigenvalue weighted by molar-refractivity contribution is 5.82. The Kier molecular flexibility index (Phi) is 2.59. The number of benzene rings is 1. The lowest BCUT2D eigenvalue weighted by atomic mass is 10.2. The Morgan fingerprint density at radius 2 is 2.11 bits per heavy atom. The van der Waals surface area contributed by atoms with Gasteiger partial charge in [0.25, 0.3) is 0 Å². The lowest BCUT2D eigenvalue weighted by Crippen LogP contribution is -1.94. The summed E-state index contributed by atoms with van der Waals surface area (Å²) in [5.74, 6) is 0.346. The minimum atomic E-state index is -0.304. The molecule has 2 aromatic heterocycles. The number of aryl methyl sites for hydroxylation is 1. The molecule has 2 heterocycles. The van der Waals surface area contributed by atoms with Crippen LogP contribution >= 0.6 is 0 Å². The Hall–Kier alpha value is -2.56. The number of hydrogen-bond acceptors (Lipinski definition) is 3. The van der Waals surface area contributed by atoms with E-state index in [0.717, 1.165) is 11.8 Å². The summed E-state index contributed by atoms with van der Waals surface area (Å²) in [6.07, 6.45) is 3.85. The van der Waals surface area contributed by atoms with Crippen molar-refractivity contribution in [3.05, 3.63) is 48.0 Å². The molecule has 0 aliphatic rings. The van der Waals surface area contributed by atoms with Crippen LogP contribution in [0.25, 0.3) is 22.4 Å². The molecular weight excluding hydrogens is 245 g/mol. The van der Waals surface area contributed by atoms with Crippen molar-refractivity contribution in [2.24, 2.45) is 7.05 Å². The van der Waals surface area contributed by atoms with E-state index in [1.807, 2.05) is 0 Å². The van der Waals surface area contributed by atoms with Crippen LogP contribution in [0.2, 0.25) is 0 Å². The van der Waals surface area contributed by atoms with E-state index in [9.17, 15) is 9.18 Å². The number of aromatic nitrogens is 3. The van der Waals surface area contributed by atoms with E-state index in [4.69, 9.17) is 0 Å². The molecule has 3 rings (SSSR count). The molecule has 3 aromatic rings. The van der Waals surface area contributed by atoms with Gasteiger partial charge in [-0.25, -0.2) is 9.37 Å². The third-order valence-corrected chi connectivity index (χ3v) is 3.00. The largest absolute Gasteiger partial charge is 0.327 e. The third kappa shape index (κ3) is 1.89. The number of carbonyl (C=O) groups excluding carboxylic acids is 1. The second kappa shape index (κ2) is 4.28. The molecule has 0 saturated heterocycles. The predicted octanol–water partition coefficient (Wildman–Crippen LogP) is 2.59. The van der Waals surface area contributed by atoms with Crippen molar-refractivity contribution in [3.63, 3.8) is 0 Å². The SMILES string of the molecule is Cn1c(-c2cncc(C=O)c2)nc2ccc(F)cc21. The van der Waals surface area contributed by atoms with Gasteiger partial charge in [0.1, 0.15) is 11.6 Å². The topological polar surface area (TPSA) is 47.8 Å². The van der Waals surface area contributed by atoms with Gasteiger partial charge in [-0.2, -0.15) is 0 Å². The van der Waals surface area contributed by atoms with E-state index in [1.165, 1.54) is 18.3 Å². The van der Waals surface area contributed by atoms with Crippen LogP contribution < -0.4 is 0 Å². The molecular formula is C14H10FN3O. The van der Waals surface area contributed by atoms with Crippen LogP contribution in [-0.4, -0.2) is 20.8 Å². The number of imidazole rings is 1. The van der Waals surface area contributed by atoms with Crippen molar-refractivity contribution in [1.82, 2.24) is 14.5 Å². The minimum Gasteiger partial charge on any atom is -0.327 e. The zero-order valence-electron chi connectivity index (χ0n) is 10.2. The number of nitrogens with zero attached hydrogens (tertiary/aromatic N) is 3. The quantitative estimate of drug-likeness (QED) is 0.661. The zero-order chi connectivity index (χ0) is 13.4. The second-order valence-electron chi connectivity index (χ2n) is 4.25. The molecule has 94 valence electrons. The summed E-state index contributed by atoms with van der Waals surface area (Å²) in [4.78, 5) is 19.2. The van der Waals surface area contributed by atoms with E-state index >= 15 is 0 Å². The molecule has 0 amide bonds. The molecule has 0 N–H and O–H groups in total. The van der Waals surface area contributed by atoms with Gasteiger partial charge in [-0.15, -0.1) is 0 Å². The highest BCUT2D eigenvalue weighted by atomic mass is 19.1. The summed E-state index contributed by atoms with van der Waals surface area (Å²) in [6.45, 7) is 0. The molecule has 0 unspecified atom stereocenters. The summed E-state index contributed by atoms with van der Waals surface area (Å²) in [7, 11) is 1.80. The van der Waals surface area contributed by atoms with Crippen LogP contribution in [0.1, 0.15) is 10.4 Å². The first-order valence-electron chi connectivity index (χ1n) is 5.71. The molecule has 0 bridgehead atoms. The number of rotatable bonds is 2. The Balaban J connectivity index is 2.24. The van der Waals surface area contributed by atoms with Crippen LogP contribution in [0.15, 0.2) is 36.7 Å². The standard InChI is InChI=1S/C14H10FN3O/c1-18-13-5-11(15)2-3-12(13)17-14(18)10-4-9(8-19)6-16-7-10/h2-8H,1H3. The van der Waals surface area contributed by atoms with Gasteiger partial charge in [0.15, 0.2) is 6.29 Å². The Morgan fingerprint density at radius 1 is 1.26 bits per heavy atom. The summed E-state index contributed by atoms with van der Waals surface area (Å²) in [5.41, 5.74) is 2.61. The van der Waals surface area contributed by atoms with Gasteiger partial charge in [-0.05, 0) is 24.3 Å². The fourth-order valence-electron chi connectivity index (χ4n) is 2.07. The fraction of sp³-hybridized carbons (Fsp3) is 0.0714. The Labute approximate surface area is 108 Å². The first-order valence-corrected chi connectivity index (χ1v) is 5.71. The number of aldehydes is 1. The van der Waals surface area contributed by atoms with E-state index in [2.05, 4.69) is 9.97 Å². The van der Waals surface area contributed by atoms with E-state index in [0.29, 0.717) is 22.4 Å². The van der Waals surface area contributed by atoms with Crippen LogP contribution in [0, 0.1) is 5.82 Å². The number of hydrogen-bond donors (Lipinski definition) is 0. The van der Waals surface area contributed by atoms with Crippen LogP contribution in [-0.2, 0) is 7.05 Å². The average Bonchev–Trinajstić information content (AvgIpc) is 2.76. The normalized spacial score (nSPS) is 10.8. The van der Waals surface area contributed by atoms with Crippen molar-refractivity contribution in [2.45, 2.75) is 0 Å². The third-order valence-electron chi connectivity index (χ3n) is 3.00. The number of halogens is 1. The van der Waals surface area contributed by atoms with E-state index in [-0.39, 0.29) is 5.82 Å². The molecule has 0 atom stereocenters. The summed E-state index contributed by atoms with van der Waals surface area (Å²) in [6, 6.07) is 6.14. The Morgan fingerprint density at radius 3 is 2.89 bits per heavy atom. The molecule has 5 heteroatoms.